The van der Waals surface area contributed by atoms with E-state index in [1.165, 1.54) is 12.8 Å². The zero-order valence-electron chi connectivity index (χ0n) is 16.6. The molecule has 2 aromatic heterocycles. The Morgan fingerprint density at radius 3 is 2.79 bits per heavy atom. The number of nitrogens with one attached hydrogen (secondary N) is 2. The summed E-state index contributed by atoms with van der Waals surface area (Å²) in [5.41, 5.74) is 0.972. The van der Waals surface area contributed by atoms with E-state index in [1.807, 2.05) is 42.1 Å². The third-order valence-electron chi connectivity index (χ3n) is 4.89. The first-order chi connectivity index (χ1) is 13.6. The van der Waals surface area contributed by atoms with Gasteiger partial charge in [-0.15, -0.1) is 0 Å². The molecule has 1 saturated carbocycles. The average molecular weight is 403 g/mol. The lowest BCUT2D eigenvalue weighted by molar-refractivity contribution is 0.0621. The number of aromatic nitrogens is 1. The van der Waals surface area contributed by atoms with Gasteiger partial charge in [0.1, 0.15) is 11.7 Å². The predicted octanol–water partition coefficient (Wildman–Crippen LogP) is 3.43. The minimum atomic E-state index is -0.947. The van der Waals surface area contributed by atoms with Crippen LogP contribution < -0.4 is 15.4 Å². The van der Waals surface area contributed by atoms with Crippen LogP contribution in [-0.2, 0) is 12.1 Å². The van der Waals surface area contributed by atoms with Gasteiger partial charge in [-0.05, 0) is 67.5 Å². The second kappa shape index (κ2) is 9.89. The number of aliphatic hydroxyl groups is 1. The van der Waals surface area contributed by atoms with Crippen LogP contribution in [0.3, 0.4) is 0 Å². The summed E-state index contributed by atoms with van der Waals surface area (Å²) in [4.78, 5) is 9.02. The van der Waals surface area contributed by atoms with Crippen molar-refractivity contribution in [2.45, 2.75) is 57.8 Å². The highest BCUT2D eigenvalue weighted by atomic mass is 32.1. The third kappa shape index (κ3) is 5.94. The number of hydrogen-bond donors (Lipinski definition) is 3. The summed E-state index contributed by atoms with van der Waals surface area (Å²) in [7, 11) is 0. The van der Waals surface area contributed by atoms with E-state index in [0.717, 1.165) is 30.5 Å². The fraction of sp³-hybridized carbons (Fsp3) is 0.524. The van der Waals surface area contributed by atoms with E-state index in [-0.39, 0.29) is 0 Å². The lowest BCUT2D eigenvalue weighted by Crippen LogP contribution is -2.44. The molecule has 6 nitrogen and oxygen atoms in total. The van der Waals surface area contributed by atoms with Gasteiger partial charge in [0.15, 0.2) is 5.96 Å². The number of rotatable bonds is 8. The Kier molecular flexibility index (Phi) is 7.28. The van der Waals surface area contributed by atoms with Gasteiger partial charge in [0.25, 0.3) is 0 Å². The number of nitrogens with zero attached hydrogens (tertiary/aromatic N) is 2. The van der Waals surface area contributed by atoms with Gasteiger partial charge >= 0.3 is 0 Å². The molecular formula is C21H30N4O2S. The van der Waals surface area contributed by atoms with Crippen LogP contribution >= 0.6 is 11.3 Å². The molecule has 0 bridgehead atoms. The highest BCUT2D eigenvalue weighted by Gasteiger charge is 2.23. The maximum atomic E-state index is 10.7. The van der Waals surface area contributed by atoms with Gasteiger partial charge in [-0.1, -0.05) is 6.07 Å². The zero-order valence-corrected chi connectivity index (χ0v) is 17.5. The summed E-state index contributed by atoms with van der Waals surface area (Å²) in [6.45, 7) is 5.46. The molecule has 2 heterocycles. The molecule has 1 aliphatic rings. The van der Waals surface area contributed by atoms with Gasteiger partial charge in [-0.2, -0.15) is 11.3 Å². The molecule has 28 heavy (non-hydrogen) atoms. The van der Waals surface area contributed by atoms with Gasteiger partial charge < -0.3 is 20.5 Å². The van der Waals surface area contributed by atoms with Crippen LogP contribution in [0, 0.1) is 0 Å². The monoisotopic (exact) mass is 402 g/mol. The predicted molar refractivity (Wildman–Crippen MR) is 114 cm³/mol. The molecule has 0 amide bonds. The lowest BCUT2D eigenvalue weighted by Gasteiger charge is -2.24. The summed E-state index contributed by atoms with van der Waals surface area (Å²) < 4.78 is 5.91. The molecule has 1 fully saturated rings. The topological polar surface area (TPSA) is 78.8 Å². The summed E-state index contributed by atoms with van der Waals surface area (Å²) in [5, 5.41) is 21.0. The first-order valence-electron chi connectivity index (χ1n) is 9.95. The first-order valence-corrected chi connectivity index (χ1v) is 10.9. The normalized spacial score (nSPS) is 17.3. The van der Waals surface area contributed by atoms with Crippen molar-refractivity contribution in [3.8, 4) is 5.88 Å². The van der Waals surface area contributed by atoms with Crippen LogP contribution in [0.1, 0.15) is 50.7 Å². The Morgan fingerprint density at radius 1 is 1.32 bits per heavy atom. The van der Waals surface area contributed by atoms with E-state index < -0.39 is 5.60 Å². The van der Waals surface area contributed by atoms with Crippen molar-refractivity contribution in [1.82, 2.24) is 15.6 Å². The van der Waals surface area contributed by atoms with Gasteiger partial charge in [0.2, 0.25) is 5.88 Å². The molecule has 0 aromatic carbocycles. The SMILES string of the molecule is CCNC(=NCc1ccc(OC2CCCC2)nc1)NCC(C)(O)c1ccsc1. The molecule has 3 rings (SSSR count). The maximum absolute atomic E-state index is 10.7. The van der Waals surface area contributed by atoms with Gasteiger partial charge in [0.05, 0.1) is 13.1 Å². The van der Waals surface area contributed by atoms with Crippen molar-refractivity contribution in [3.05, 3.63) is 46.3 Å². The number of pyridine rings is 1. The minimum absolute atomic E-state index is 0.317. The number of ether oxygens (including phenoxy) is 1. The van der Waals surface area contributed by atoms with Gasteiger partial charge in [-0.3, -0.25) is 0 Å². The summed E-state index contributed by atoms with van der Waals surface area (Å²) >= 11 is 1.58. The highest BCUT2D eigenvalue weighted by molar-refractivity contribution is 7.08. The third-order valence-corrected chi connectivity index (χ3v) is 5.58. The molecule has 0 radical (unpaired) electrons. The Labute approximate surface area is 171 Å². The van der Waals surface area contributed by atoms with Crippen LogP contribution in [0.4, 0.5) is 0 Å². The smallest absolute Gasteiger partial charge is 0.213 e. The van der Waals surface area contributed by atoms with Crippen molar-refractivity contribution in [3.63, 3.8) is 0 Å². The second-order valence-electron chi connectivity index (χ2n) is 7.36. The molecule has 152 valence electrons. The standard InChI is InChI=1S/C21H30N4O2S/c1-3-22-20(25-15-21(2,26)17-10-11-28-14-17)24-13-16-8-9-19(23-12-16)27-18-6-4-5-7-18/h8-12,14,18,26H,3-7,13,15H2,1-2H3,(H2,22,24,25). The number of aliphatic imine (C=N–C) groups is 1. The molecule has 0 saturated heterocycles. The largest absolute Gasteiger partial charge is 0.474 e. The molecule has 1 aliphatic carbocycles. The van der Waals surface area contributed by atoms with Gasteiger partial charge in [0, 0.05) is 18.8 Å². The molecule has 7 heteroatoms. The molecule has 1 atom stereocenters. The van der Waals surface area contributed by atoms with E-state index in [4.69, 9.17) is 4.74 Å². The fourth-order valence-electron chi connectivity index (χ4n) is 3.19. The summed E-state index contributed by atoms with van der Waals surface area (Å²) in [6, 6.07) is 5.87. The quantitative estimate of drug-likeness (QED) is 0.466. The van der Waals surface area contributed by atoms with E-state index in [0.29, 0.717) is 31.0 Å². The highest BCUT2D eigenvalue weighted by Crippen LogP contribution is 2.23. The molecule has 1 unspecified atom stereocenters. The van der Waals surface area contributed by atoms with E-state index >= 15 is 0 Å². The van der Waals surface area contributed by atoms with E-state index in [1.54, 1.807) is 18.3 Å². The molecule has 0 spiro atoms. The average Bonchev–Trinajstić information content (AvgIpc) is 3.39. The zero-order chi connectivity index (χ0) is 19.8. The Hall–Kier alpha value is -2.12. The second-order valence-corrected chi connectivity index (χ2v) is 8.14. The minimum Gasteiger partial charge on any atom is -0.474 e. The van der Waals surface area contributed by atoms with Crippen LogP contribution in [0.5, 0.6) is 5.88 Å². The van der Waals surface area contributed by atoms with Crippen molar-refractivity contribution in [1.29, 1.82) is 0 Å². The van der Waals surface area contributed by atoms with Crippen molar-refractivity contribution in [2.75, 3.05) is 13.1 Å². The number of guanidine groups is 1. The maximum Gasteiger partial charge on any atom is 0.213 e. The molecule has 2 aromatic rings. The molecular weight excluding hydrogens is 372 g/mol. The van der Waals surface area contributed by atoms with Crippen LogP contribution in [0.25, 0.3) is 0 Å². The number of thiophene rings is 1. The van der Waals surface area contributed by atoms with E-state index in [9.17, 15) is 5.11 Å². The van der Waals surface area contributed by atoms with Crippen LogP contribution in [0.15, 0.2) is 40.1 Å². The Bertz CT molecular complexity index is 738. The van der Waals surface area contributed by atoms with Crippen molar-refractivity contribution < 1.29 is 9.84 Å². The molecule has 0 aliphatic heterocycles. The Balaban J connectivity index is 1.54. The Morgan fingerprint density at radius 2 is 2.14 bits per heavy atom. The van der Waals surface area contributed by atoms with Crippen molar-refractivity contribution >= 4 is 17.3 Å². The fourth-order valence-corrected chi connectivity index (χ4v) is 3.97. The summed E-state index contributed by atoms with van der Waals surface area (Å²) in [5.74, 6) is 1.36. The van der Waals surface area contributed by atoms with Crippen LogP contribution in [0.2, 0.25) is 0 Å². The molecule has 3 N–H and O–H groups in total. The van der Waals surface area contributed by atoms with E-state index in [2.05, 4.69) is 20.6 Å². The number of hydrogen-bond acceptors (Lipinski definition) is 5. The lowest BCUT2D eigenvalue weighted by atomic mass is 9.99. The van der Waals surface area contributed by atoms with Gasteiger partial charge in [-0.25, -0.2) is 9.98 Å². The van der Waals surface area contributed by atoms with Crippen molar-refractivity contribution in [2.24, 2.45) is 4.99 Å². The summed E-state index contributed by atoms with van der Waals surface area (Å²) in [6.07, 6.45) is 6.88. The first kappa shape index (κ1) is 20.6. The van der Waals surface area contributed by atoms with Crippen LogP contribution in [-0.4, -0.2) is 35.2 Å².